The first-order valence-corrected chi connectivity index (χ1v) is 14.9. The summed E-state index contributed by atoms with van der Waals surface area (Å²) in [6.45, 7) is -2.14. The van der Waals surface area contributed by atoms with Crippen LogP contribution in [0.25, 0.3) is 0 Å². The van der Waals surface area contributed by atoms with Crippen LogP contribution in [0.5, 0.6) is 0 Å². The van der Waals surface area contributed by atoms with Gasteiger partial charge in [-0.25, -0.2) is 18.4 Å². The van der Waals surface area contributed by atoms with Crippen LogP contribution in [-0.4, -0.2) is 67.6 Å². The van der Waals surface area contributed by atoms with E-state index in [9.17, 15) is 40.3 Å². The van der Waals surface area contributed by atoms with Gasteiger partial charge in [0.25, 0.3) is 5.91 Å². The normalized spacial score (nSPS) is 18.2. The third kappa shape index (κ3) is 7.83. The predicted molar refractivity (Wildman–Crippen MR) is 145 cm³/mol. The number of halogens is 5. The van der Waals surface area contributed by atoms with E-state index in [-0.39, 0.29) is 41.2 Å². The minimum absolute atomic E-state index is 0.0336. The van der Waals surface area contributed by atoms with Crippen LogP contribution in [0.4, 0.5) is 27.9 Å². The van der Waals surface area contributed by atoms with Crippen molar-refractivity contribution in [1.82, 2.24) is 15.3 Å². The molecule has 232 valence electrons. The molecule has 15 heteroatoms. The molecule has 2 N–H and O–H groups in total. The average molecular weight is 629 g/mol. The first-order valence-electron chi connectivity index (χ1n) is 13.2. The van der Waals surface area contributed by atoms with Gasteiger partial charge in [0.05, 0.1) is 47.1 Å². The quantitative estimate of drug-likeness (QED) is 0.301. The molecule has 2 aromatic carbocycles. The number of aliphatic hydroxyl groups excluding tert-OH is 1. The largest absolute Gasteiger partial charge is 0.416 e. The molecule has 0 bridgehead atoms. The van der Waals surface area contributed by atoms with Crippen molar-refractivity contribution in [3.05, 3.63) is 83.2 Å². The minimum atomic E-state index is -4.49. The van der Waals surface area contributed by atoms with E-state index in [1.807, 2.05) is 0 Å². The van der Waals surface area contributed by atoms with Gasteiger partial charge in [0, 0.05) is 24.9 Å². The first-order chi connectivity index (χ1) is 20.3. The number of ether oxygens (including phenoxy) is 1. The van der Waals surface area contributed by atoms with Crippen molar-refractivity contribution in [2.24, 2.45) is 0 Å². The summed E-state index contributed by atoms with van der Waals surface area (Å²) in [5.74, 6) is -0.905. The number of hydrogen-bond acceptors (Lipinski definition) is 8. The molecule has 3 aromatic rings. The summed E-state index contributed by atoms with van der Waals surface area (Å²) in [5, 5.41) is 12.5. The number of carbonyl (C=O) groups excluding carboxylic acids is 1. The highest BCUT2D eigenvalue weighted by atomic mass is 32.2. The van der Waals surface area contributed by atoms with Gasteiger partial charge in [0.1, 0.15) is 0 Å². The number of anilines is 1. The number of rotatable bonds is 11. The molecule has 1 aliphatic rings. The number of alkyl halides is 5. The summed E-state index contributed by atoms with van der Waals surface area (Å²) in [6, 6.07) is 8.93. The fraction of sp³-hybridized carbons (Fsp3) is 0.393. The highest BCUT2D eigenvalue weighted by Crippen LogP contribution is 2.36. The van der Waals surface area contributed by atoms with Gasteiger partial charge in [-0.3, -0.25) is 4.79 Å². The molecule has 1 fully saturated rings. The molecule has 0 aliphatic carbocycles. The Balaban J connectivity index is 1.47. The van der Waals surface area contributed by atoms with Crippen LogP contribution in [0.2, 0.25) is 0 Å². The van der Waals surface area contributed by atoms with E-state index in [1.165, 1.54) is 55.7 Å². The van der Waals surface area contributed by atoms with Crippen molar-refractivity contribution in [2.75, 3.05) is 30.4 Å². The molecule has 1 saturated heterocycles. The molecule has 1 unspecified atom stereocenters. The lowest BCUT2D eigenvalue weighted by molar-refractivity contribution is -0.137. The van der Waals surface area contributed by atoms with Crippen molar-refractivity contribution in [3.63, 3.8) is 0 Å². The highest BCUT2D eigenvalue weighted by molar-refractivity contribution is 7.91. The predicted octanol–water partition coefficient (Wildman–Crippen LogP) is 4.35. The third-order valence-electron chi connectivity index (χ3n) is 7.21. The summed E-state index contributed by atoms with van der Waals surface area (Å²) in [7, 11) is -3.42. The summed E-state index contributed by atoms with van der Waals surface area (Å²) in [5.41, 5.74) is 0.289. The first kappa shape index (κ1) is 32.2. The van der Waals surface area contributed by atoms with Crippen molar-refractivity contribution < 1.29 is 45.0 Å². The molecule has 9 nitrogen and oxygen atoms in total. The van der Waals surface area contributed by atoms with Gasteiger partial charge < -0.3 is 20.1 Å². The van der Waals surface area contributed by atoms with Crippen LogP contribution in [0.3, 0.4) is 0 Å². The molecule has 2 heterocycles. The van der Waals surface area contributed by atoms with Gasteiger partial charge in [-0.1, -0.05) is 31.2 Å². The van der Waals surface area contributed by atoms with Crippen LogP contribution >= 0.6 is 0 Å². The fourth-order valence-electron chi connectivity index (χ4n) is 4.83. The van der Waals surface area contributed by atoms with Gasteiger partial charge >= 0.3 is 12.8 Å². The number of sulfone groups is 1. The Morgan fingerprint density at radius 2 is 1.72 bits per heavy atom. The van der Waals surface area contributed by atoms with E-state index in [2.05, 4.69) is 20.0 Å². The van der Waals surface area contributed by atoms with Gasteiger partial charge in [0.2, 0.25) is 5.95 Å². The number of nitrogens with zero attached hydrogens (tertiary/aromatic N) is 3. The molecule has 1 aromatic heterocycles. The van der Waals surface area contributed by atoms with Crippen LogP contribution in [0.15, 0.2) is 65.8 Å². The number of aromatic nitrogens is 2. The van der Waals surface area contributed by atoms with Crippen molar-refractivity contribution >= 4 is 21.7 Å². The van der Waals surface area contributed by atoms with E-state index in [0.29, 0.717) is 17.5 Å². The van der Waals surface area contributed by atoms with Crippen molar-refractivity contribution in [2.45, 2.75) is 49.0 Å². The fourth-order valence-corrected chi connectivity index (χ4v) is 5.71. The van der Waals surface area contributed by atoms with E-state index in [0.717, 1.165) is 12.1 Å². The third-order valence-corrected chi connectivity index (χ3v) is 8.96. The molecule has 1 aliphatic heterocycles. The zero-order valence-corrected chi connectivity index (χ0v) is 23.7. The molecule has 1 amide bonds. The maximum Gasteiger partial charge on any atom is 0.416 e. The second-order valence-corrected chi connectivity index (χ2v) is 12.2. The molecule has 0 radical (unpaired) electrons. The number of aliphatic hydroxyl groups is 1. The zero-order chi connectivity index (χ0) is 31.4. The lowest BCUT2D eigenvalue weighted by Crippen LogP contribution is -2.35. The molecule has 3 atom stereocenters. The summed E-state index contributed by atoms with van der Waals surface area (Å²) >= 11 is 0. The molecular formula is C28H29F5N4O5S. The lowest BCUT2D eigenvalue weighted by atomic mass is 9.95. The van der Waals surface area contributed by atoms with Crippen molar-refractivity contribution in [1.29, 1.82) is 0 Å². The molecular weight excluding hydrogens is 599 g/mol. The molecule has 43 heavy (non-hydrogen) atoms. The second kappa shape index (κ2) is 13.3. The Kier molecular flexibility index (Phi) is 9.97. The smallest absolute Gasteiger partial charge is 0.394 e. The van der Waals surface area contributed by atoms with E-state index >= 15 is 0 Å². The standard InChI is InChI=1S/C28H29F5N4O5S/c1-2-43(40,41)23-9-5-18(6-10-23)24(15-38)36-25(39)20-12-34-27(35-13-20)37-14-19(11-22(37)16-42-26(29)30)17-3-7-21(8-4-17)28(31,32)33/h3-10,12-13,19,22,24,26,38H,2,11,14-16H2,1H3,(H,36,39)/t19?,22-,24-/m0/s1. The summed E-state index contributed by atoms with van der Waals surface area (Å²) in [6.07, 6.45) is -1.76. The van der Waals surface area contributed by atoms with Gasteiger partial charge in [0.15, 0.2) is 9.84 Å². The van der Waals surface area contributed by atoms with E-state index in [1.54, 1.807) is 4.90 Å². The maximum absolute atomic E-state index is 13.0. The number of carbonyl (C=O) groups is 1. The van der Waals surface area contributed by atoms with E-state index in [4.69, 9.17) is 0 Å². The Labute approximate surface area is 244 Å². The SMILES string of the molecule is CCS(=O)(=O)c1ccc([C@H](CO)NC(=O)c2cnc(N3CC(c4ccc(C(F)(F)F)cc4)C[C@H]3COC(F)F)nc2)cc1. The topological polar surface area (TPSA) is 122 Å². The number of hydrogen-bond donors (Lipinski definition) is 2. The van der Waals surface area contributed by atoms with Crippen molar-refractivity contribution in [3.8, 4) is 0 Å². The summed E-state index contributed by atoms with van der Waals surface area (Å²) in [4.78, 5) is 23.0. The molecule has 0 saturated carbocycles. The number of benzene rings is 2. The van der Waals surface area contributed by atoms with Gasteiger partial charge in [-0.15, -0.1) is 0 Å². The van der Waals surface area contributed by atoms with Crippen LogP contribution < -0.4 is 10.2 Å². The Morgan fingerprint density at radius 3 is 2.26 bits per heavy atom. The Morgan fingerprint density at radius 1 is 1.09 bits per heavy atom. The minimum Gasteiger partial charge on any atom is -0.394 e. The maximum atomic E-state index is 13.0. The second-order valence-electron chi connectivity index (χ2n) is 9.91. The summed E-state index contributed by atoms with van der Waals surface area (Å²) < 4.78 is 93.2. The van der Waals surface area contributed by atoms with E-state index < -0.39 is 52.8 Å². The monoisotopic (exact) mass is 628 g/mol. The Hall–Kier alpha value is -3.69. The highest BCUT2D eigenvalue weighted by Gasteiger charge is 2.36. The lowest BCUT2D eigenvalue weighted by Gasteiger charge is -2.24. The molecule has 0 spiro atoms. The van der Waals surface area contributed by atoms with Gasteiger partial charge in [-0.05, 0) is 41.8 Å². The average Bonchev–Trinajstić information content (AvgIpc) is 3.43. The van der Waals surface area contributed by atoms with Crippen LogP contribution in [0.1, 0.15) is 52.4 Å². The number of nitrogens with one attached hydrogen (secondary N) is 1. The van der Waals surface area contributed by atoms with Gasteiger partial charge in [-0.2, -0.15) is 22.0 Å². The zero-order valence-electron chi connectivity index (χ0n) is 22.8. The molecule has 4 rings (SSSR count). The van der Waals surface area contributed by atoms with Crippen LogP contribution in [0, 0.1) is 0 Å². The van der Waals surface area contributed by atoms with Crippen LogP contribution in [-0.2, 0) is 20.8 Å². The number of amides is 1. The Bertz CT molecular complexity index is 1490.